The summed E-state index contributed by atoms with van der Waals surface area (Å²) in [6.07, 6.45) is 1.42. The molecule has 0 aliphatic carbocycles. The highest BCUT2D eigenvalue weighted by Crippen LogP contribution is 2.36. The minimum atomic E-state index is -0.747. The van der Waals surface area contributed by atoms with Crippen LogP contribution in [0.3, 0.4) is 0 Å². The first-order valence-corrected chi connectivity index (χ1v) is 8.91. The van der Waals surface area contributed by atoms with E-state index in [2.05, 4.69) is 41.3 Å². The van der Waals surface area contributed by atoms with Crippen molar-refractivity contribution in [2.75, 3.05) is 4.90 Å². The van der Waals surface area contributed by atoms with Gasteiger partial charge in [-0.25, -0.2) is 0 Å². The van der Waals surface area contributed by atoms with Crippen molar-refractivity contribution in [3.63, 3.8) is 0 Å². The molecule has 0 aliphatic rings. The van der Waals surface area contributed by atoms with Gasteiger partial charge in [0.25, 0.3) is 0 Å². The number of hydrogen-bond acceptors (Lipinski definition) is 2. The van der Waals surface area contributed by atoms with Crippen LogP contribution in [0.5, 0.6) is 0 Å². The van der Waals surface area contributed by atoms with Gasteiger partial charge in [0.1, 0.15) is 0 Å². The van der Waals surface area contributed by atoms with Crippen LogP contribution >= 0.6 is 0 Å². The predicted molar refractivity (Wildman–Crippen MR) is 106 cm³/mol. The average molecular weight is 331 g/mol. The smallest absolute Gasteiger partial charge is 0.0891 e. The fourth-order valence-corrected chi connectivity index (χ4v) is 3.18. The molecule has 25 heavy (non-hydrogen) atoms. The lowest BCUT2D eigenvalue weighted by atomic mass is 9.88. The van der Waals surface area contributed by atoms with E-state index in [0.29, 0.717) is 12.8 Å². The molecular weight excluding hydrogens is 306 g/mol. The summed E-state index contributed by atoms with van der Waals surface area (Å²) in [5, 5.41) is 10.8. The van der Waals surface area contributed by atoms with E-state index in [0.717, 1.165) is 22.6 Å². The summed E-state index contributed by atoms with van der Waals surface area (Å²) < 4.78 is 0. The number of hydrogen-bond donors (Lipinski definition) is 1. The normalized spacial score (nSPS) is 11.3. The molecular formula is C23H25NO. The molecule has 0 fully saturated rings. The van der Waals surface area contributed by atoms with Gasteiger partial charge in [-0.05, 0) is 54.8 Å². The summed E-state index contributed by atoms with van der Waals surface area (Å²) in [7, 11) is 0. The quantitative estimate of drug-likeness (QED) is 0.584. The van der Waals surface area contributed by atoms with Crippen LogP contribution in [0.2, 0.25) is 0 Å². The molecule has 0 atom stereocenters. The Balaban J connectivity index is 2.03. The number of benzene rings is 3. The van der Waals surface area contributed by atoms with Crippen LogP contribution < -0.4 is 4.90 Å². The Morgan fingerprint density at radius 3 is 1.44 bits per heavy atom. The number of rotatable bonds is 6. The molecule has 2 nitrogen and oxygen atoms in total. The highest BCUT2D eigenvalue weighted by molar-refractivity contribution is 5.76. The molecule has 0 aliphatic heterocycles. The van der Waals surface area contributed by atoms with Gasteiger partial charge in [0.05, 0.1) is 5.60 Å². The van der Waals surface area contributed by atoms with Crippen molar-refractivity contribution in [1.82, 2.24) is 0 Å². The van der Waals surface area contributed by atoms with Gasteiger partial charge in [-0.3, -0.25) is 0 Å². The largest absolute Gasteiger partial charge is 0.385 e. The first-order chi connectivity index (χ1) is 12.2. The molecule has 0 amide bonds. The lowest BCUT2D eigenvalue weighted by Gasteiger charge is -2.28. The molecule has 2 heteroatoms. The van der Waals surface area contributed by atoms with Crippen LogP contribution in [-0.2, 0) is 5.60 Å². The molecule has 0 saturated carbocycles. The monoisotopic (exact) mass is 331 g/mol. The zero-order chi connectivity index (χ0) is 17.7. The van der Waals surface area contributed by atoms with E-state index in [1.807, 2.05) is 62.4 Å². The second-order valence-electron chi connectivity index (χ2n) is 6.29. The van der Waals surface area contributed by atoms with Gasteiger partial charge < -0.3 is 10.0 Å². The summed E-state index contributed by atoms with van der Waals surface area (Å²) in [5.41, 5.74) is 3.53. The van der Waals surface area contributed by atoms with Crippen molar-refractivity contribution in [2.24, 2.45) is 0 Å². The number of anilines is 3. The Morgan fingerprint density at radius 2 is 1.04 bits per heavy atom. The van der Waals surface area contributed by atoms with Gasteiger partial charge >= 0.3 is 0 Å². The average Bonchev–Trinajstić information content (AvgIpc) is 2.70. The number of aliphatic hydroxyl groups is 1. The second-order valence-corrected chi connectivity index (χ2v) is 6.29. The van der Waals surface area contributed by atoms with E-state index < -0.39 is 5.60 Å². The van der Waals surface area contributed by atoms with Crippen molar-refractivity contribution in [1.29, 1.82) is 0 Å². The first-order valence-electron chi connectivity index (χ1n) is 8.91. The Hall–Kier alpha value is -2.58. The van der Waals surface area contributed by atoms with Gasteiger partial charge in [-0.2, -0.15) is 0 Å². The molecule has 3 aromatic carbocycles. The standard InChI is InChI=1S/C23H25NO/c1-3-23(25,4-2)19-15-17-22(18-16-19)24(20-11-7-5-8-12-20)21-13-9-6-10-14-21/h5-18,25H,3-4H2,1-2H3. The Labute approximate surface area is 150 Å². The van der Waals surface area contributed by atoms with Crippen molar-refractivity contribution in [3.05, 3.63) is 90.5 Å². The van der Waals surface area contributed by atoms with E-state index in [1.54, 1.807) is 0 Å². The van der Waals surface area contributed by atoms with Crippen molar-refractivity contribution in [2.45, 2.75) is 32.3 Å². The van der Waals surface area contributed by atoms with Crippen LogP contribution in [-0.4, -0.2) is 5.11 Å². The molecule has 0 spiro atoms. The maximum Gasteiger partial charge on any atom is 0.0891 e. The van der Waals surface area contributed by atoms with Crippen LogP contribution in [0.4, 0.5) is 17.1 Å². The summed E-state index contributed by atoms with van der Waals surface area (Å²) in [6, 6.07) is 28.9. The molecule has 128 valence electrons. The molecule has 0 bridgehead atoms. The molecule has 0 unspecified atom stereocenters. The van der Waals surface area contributed by atoms with Crippen LogP contribution in [0, 0.1) is 0 Å². The maximum absolute atomic E-state index is 10.8. The van der Waals surface area contributed by atoms with Gasteiger partial charge in [0.15, 0.2) is 0 Å². The van der Waals surface area contributed by atoms with E-state index in [9.17, 15) is 5.11 Å². The van der Waals surface area contributed by atoms with Crippen molar-refractivity contribution >= 4 is 17.1 Å². The minimum absolute atomic E-state index is 0.712. The Morgan fingerprint density at radius 1 is 0.640 bits per heavy atom. The zero-order valence-electron chi connectivity index (χ0n) is 14.9. The minimum Gasteiger partial charge on any atom is -0.385 e. The fourth-order valence-electron chi connectivity index (χ4n) is 3.18. The van der Waals surface area contributed by atoms with Gasteiger partial charge in [-0.1, -0.05) is 62.4 Å². The number of nitrogens with zero attached hydrogens (tertiary/aromatic N) is 1. The molecule has 1 N–H and O–H groups in total. The fraction of sp³-hybridized carbons (Fsp3) is 0.217. The van der Waals surface area contributed by atoms with Gasteiger partial charge in [0, 0.05) is 17.1 Å². The summed E-state index contributed by atoms with van der Waals surface area (Å²) in [4.78, 5) is 2.22. The SMILES string of the molecule is CCC(O)(CC)c1ccc(N(c2ccccc2)c2ccccc2)cc1. The van der Waals surface area contributed by atoms with Crippen LogP contribution in [0.1, 0.15) is 32.3 Å². The summed E-state index contributed by atoms with van der Waals surface area (Å²) in [6.45, 7) is 4.05. The molecule has 0 heterocycles. The highest BCUT2D eigenvalue weighted by atomic mass is 16.3. The molecule has 3 aromatic rings. The van der Waals surface area contributed by atoms with Crippen molar-refractivity contribution < 1.29 is 5.11 Å². The predicted octanol–water partition coefficient (Wildman–Crippen LogP) is 6.16. The zero-order valence-corrected chi connectivity index (χ0v) is 14.9. The second kappa shape index (κ2) is 7.54. The Kier molecular flexibility index (Phi) is 5.20. The van der Waals surface area contributed by atoms with Crippen LogP contribution in [0.15, 0.2) is 84.9 Å². The van der Waals surface area contributed by atoms with Gasteiger partial charge in [-0.15, -0.1) is 0 Å². The van der Waals surface area contributed by atoms with E-state index in [4.69, 9.17) is 0 Å². The third kappa shape index (κ3) is 3.59. The van der Waals surface area contributed by atoms with Crippen molar-refractivity contribution in [3.8, 4) is 0 Å². The lowest BCUT2D eigenvalue weighted by molar-refractivity contribution is 0.0284. The van der Waals surface area contributed by atoms with E-state index in [-0.39, 0.29) is 0 Å². The summed E-state index contributed by atoms with van der Waals surface area (Å²) >= 11 is 0. The van der Waals surface area contributed by atoms with Gasteiger partial charge in [0.2, 0.25) is 0 Å². The molecule has 0 radical (unpaired) electrons. The topological polar surface area (TPSA) is 23.5 Å². The molecule has 3 rings (SSSR count). The third-order valence-electron chi connectivity index (χ3n) is 4.86. The van der Waals surface area contributed by atoms with E-state index >= 15 is 0 Å². The maximum atomic E-state index is 10.8. The molecule has 0 aromatic heterocycles. The summed E-state index contributed by atoms with van der Waals surface area (Å²) in [5.74, 6) is 0. The third-order valence-corrected chi connectivity index (χ3v) is 4.86. The van der Waals surface area contributed by atoms with E-state index in [1.165, 1.54) is 0 Å². The number of para-hydroxylation sites is 2. The lowest BCUT2D eigenvalue weighted by Crippen LogP contribution is -2.23. The highest BCUT2D eigenvalue weighted by Gasteiger charge is 2.24. The Bertz CT molecular complexity index is 738. The molecule has 0 saturated heterocycles. The first kappa shape index (κ1) is 17.2. The van der Waals surface area contributed by atoms with Crippen LogP contribution in [0.25, 0.3) is 0 Å².